The van der Waals surface area contributed by atoms with Gasteiger partial charge in [-0.1, -0.05) is 18.2 Å². The Morgan fingerprint density at radius 1 is 1.30 bits per heavy atom. The maximum Gasteiger partial charge on any atom is 0.279 e. The van der Waals surface area contributed by atoms with Gasteiger partial charge < -0.3 is 5.11 Å². The predicted molar refractivity (Wildman–Crippen MR) is 89.0 cm³/mol. The zero-order valence-corrected chi connectivity index (χ0v) is 14.0. The average molecular weight is 335 g/mol. The first-order chi connectivity index (χ1) is 10.9. The SMILES string of the molecule is CN(C)S(=O)(=O)NC(c1cnc2ccccc2c1)C1CC(O)C1. The molecule has 1 aromatic carbocycles. The summed E-state index contributed by atoms with van der Waals surface area (Å²) in [6, 6.07) is 9.31. The van der Waals surface area contributed by atoms with E-state index >= 15 is 0 Å². The van der Waals surface area contributed by atoms with Crippen LogP contribution >= 0.6 is 0 Å². The predicted octanol–water partition coefficient (Wildman–Crippen LogP) is 1.44. The van der Waals surface area contributed by atoms with E-state index in [9.17, 15) is 13.5 Å². The number of nitrogens with one attached hydrogen (secondary N) is 1. The lowest BCUT2D eigenvalue weighted by atomic mass is 9.75. The van der Waals surface area contributed by atoms with E-state index < -0.39 is 10.2 Å². The van der Waals surface area contributed by atoms with E-state index in [1.165, 1.54) is 14.1 Å². The van der Waals surface area contributed by atoms with Gasteiger partial charge in [0.25, 0.3) is 10.2 Å². The fourth-order valence-electron chi connectivity index (χ4n) is 2.86. The molecule has 7 heteroatoms. The van der Waals surface area contributed by atoms with Crippen LogP contribution in [0.5, 0.6) is 0 Å². The Morgan fingerprint density at radius 2 is 2.00 bits per heavy atom. The Labute approximate surface area is 136 Å². The average Bonchev–Trinajstić information content (AvgIpc) is 2.49. The van der Waals surface area contributed by atoms with E-state index in [1.807, 2.05) is 30.3 Å². The van der Waals surface area contributed by atoms with Crippen LogP contribution in [0.3, 0.4) is 0 Å². The molecule has 1 atom stereocenters. The minimum atomic E-state index is -3.56. The molecule has 0 spiro atoms. The van der Waals surface area contributed by atoms with Crippen molar-refractivity contribution in [2.45, 2.75) is 25.0 Å². The minimum absolute atomic E-state index is 0.0719. The first kappa shape index (κ1) is 16.3. The van der Waals surface area contributed by atoms with Gasteiger partial charge in [-0.3, -0.25) is 4.98 Å². The molecule has 124 valence electrons. The summed E-state index contributed by atoms with van der Waals surface area (Å²) in [5.41, 5.74) is 1.70. The van der Waals surface area contributed by atoms with E-state index in [2.05, 4.69) is 9.71 Å². The molecule has 2 aromatic rings. The summed E-state index contributed by atoms with van der Waals surface area (Å²) in [4.78, 5) is 4.43. The summed E-state index contributed by atoms with van der Waals surface area (Å²) >= 11 is 0. The number of pyridine rings is 1. The summed E-state index contributed by atoms with van der Waals surface area (Å²) in [7, 11) is -0.576. The van der Waals surface area contributed by atoms with Crippen LogP contribution in [0, 0.1) is 5.92 Å². The molecule has 23 heavy (non-hydrogen) atoms. The van der Waals surface area contributed by atoms with E-state index in [1.54, 1.807) is 6.20 Å². The van der Waals surface area contributed by atoms with Crippen LogP contribution in [0.15, 0.2) is 36.5 Å². The van der Waals surface area contributed by atoms with Gasteiger partial charge in [0.15, 0.2) is 0 Å². The van der Waals surface area contributed by atoms with Crippen molar-refractivity contribution in [2.75, 3.05) is 14.1 Å². The third-order valence-electron chi connectivity index (χ3n) is 4.35. The highest BCUT2D eigenvalue weighted by molar-refractivity contribution is 7.87. The van der Waals surface area contributed by atoms with Crippen molar-refractivity contribution in [1.29, 1.82) is 0 Å². The van der Waals surface area contributed by atoms with Crippen LogP contribution in [-0.4, -0.2) is 43.0 Å². The maximum absolute atomic E-state index is 12.2. The number of fused-ring (bicyclic) bond motifs is 1. The fraction of sp³-hybridized carbons (Fsp3) is 0.438. The zero-order valence-electron chi connectivity index (χ0n) is 13.2. The molecule has 1 saturated carbocycles. The number of rotatable bonds is 5. The van der Waals surface area contributed by atoms with Crippen LogP contribution in [-0.2, 0) is 10.2 Å². The Bertz CT molecular complexity index is 801. The number of hydrogen-bond donors (Lipinski definition) is 2. The zero-order chi connectivity index (χ0) is 16.6. The van der Waals surface area contributed by atoms with Crippen molar-refractivity contribution in [3.05, 3.63) is 42.1 Å². The number of para-hydroxylation sites is 1. The quantitative estimate of drug-likeness (QED) is 0.866. The summed E-state index contributed by atoms with van der Waals surface area (Å²) in [6.45, 7) is 0. The molecule has 1 fully saturated rings. The second-order valence-electron chi connectivity index (χ2n) is 6.23. The number of nitrogens with zero attached hydrogens (tertiary/aromatic N) is 2. The Morgan fingerprint density at radius 3 is 2.65 bits per heavy atom. The molecule has 0 amide bonds. The van der Waals surface area contributed by atoms with Gasteiger partial charge in [-0.2, -0.15) is 17.4 Å². The first-order valence-corrected chi connectivity index (χ1v) is 9.03. The standard InChI is InChI=1S/C16H21N3O3S/c1-19(2)23(21,22)18-16(12-8-14(20)9-12)13-7-11-5-3-4-6-15(11)17-10-13/h3-7,10,12,14,16,18,20H,8-9H2,1-2H3. The molecule has 0 radical (unpaired) electrons. The van der Waals surface area contributed by atoms with E-state index in [4.69, 9.17) is 0 Å². The Balaban J connectivity index is 1.96. The lowest BCUT2D eigenvalue weighted by molar-refractivity contribution is 0.0278. The number of aliphatic hydroxyl groups is 1. The van der Waals surface area contributed by atoms with Gasteiger partial charge in [-0.25, -0.2) is 0 Å². The summed E-state index contributed by atoms with van der Waals surface area (Å²) in [6.07, 6.45) is 2.55. The fourth-order valence-corrected chi connectivity index (χ4v) is 3.72. The smallest absolute Gasteiger partial charge is 0.279 e. The van der Waals surface area contributed by atoms with Gasteiger partial charge in [0.2, 0.25) is 0 Å². The van der Waals surface area contributed by atoms with Gasteiger partial charge in [-0.05, 0) is 36.5 Å². The molecule has 1 heterocycles. The van der Waals surface area contributed by atoms with Crippen LogP contribution < -0.4 is 4.72 Å². The third-order valence-corrected chi connectivity index (χ3v) is 5.86. The van der Waals surface area contributed by atoms with Crippen molar-refractivity contribution in [1.82, 2.24) is 14.0 Å². The third kappa shape index (κ3) is 3.37. The molecule has 1 aromatic heterocycles. The summed E-state index contributed by atoms with van der Waals surface area (Å²) in [5, 5.41) is 10.6. The summed E-state index contributed by atoms with van der Waals surface area (Å²) < 4.78 is 28.4. The topological polar surface area (TPSA) is 82.5 Å². The molecule has 0 aliphatic heterocycles. The lowest BCUT2D eigenvalue weighted by Gasteiger charge is -2.38. The second kappa shape index (κ2) is 6.16. The second-order valence-corrected chi connectivity index (χ2v) is 8.15. The normalized spacial score (nSPS) is 23.0. The number of benzene rings is 1. The molecular weight excluding hydrogens is 314 g/mol. The minimum Gasteiger partial charge on any atom is -0.393 e. The highest BCUT2D eigenvalue weighted by Gasteiger charge is 2.37. The number of hydrogen-bond acceptors (Lipinski definition) is 4. The maximum atomic E-state index is 12.2. The lowest BCUT2D eigenvalue weighted by Crippen LogP contribution is -2.45. The molecule has 1 aliphatic carbocycles. The van der Waals surface area contributed by atoms with Crippen molar-refractivity contribution in [3.8, 4) is 0 Å². The van der Waals surface area contributed by atoms with Gasteiger partial charge in [0.1, 0.15) is 0 Å². The molecule has 1 aliphatic rings. The Hall–Kier alpha value is -1.54. The molecule has 1 unspecified atom stereocenters. The van der Waals surface area contributed by atoms with Crippen molar-refractivity contribution >= 4 is 21.1 Å². The number of aliphatic hydroxyl groups excluding tert-OH is 1. The number of aromatic nitrogens is 1. The van der Waals surface area contributed by atoms with Gasteiger partial charge in [0.05, 0.1) is 17.7 Å². The van der Waals surface area contributed by atoms with Crippen LogP contribution in [0.1, 0.15) is 24.4 Å². The van der Waals surface area contributed by atoms with Gasteiger partial charge >= 0.3 is 0 Å². The monoisotopic (exact) mass is 335 g/mol. The largest absolute Gasteiger partial charge is 0.393 e. The van der Waals surface area contributed by atoms with Gasteiger partial charge in [0, 0.05) is 25.7 Å². The Kier molecular flexibility index (Phi) is 4.37. The summed E-state index contributed by atoms with van der Waals surface area (Å²) in [5.74, 6) is 0.0719. The molecule has 3 rings (SSSR count). The van der Waals surface area contributed by atoms with Crippen molar-refractivity contribution in [2.24, 2.45) is 5.92 Å². The van der Waals surface area contributed by atoms with Crippen molar-refractivity contribution < 1.29 is 13.5 Å². The van der Waals surface area contributed by atoms with E-state index in [-0.39, 0.29) is 18.1 Å². The highest BCUT2D eigenvalue weighted by Crippen LogP contribution is 2.38. The van der Waals surface area contributed by atoms with Gasteiger partial charge in [-0.15, -0.1) is 0 Å². The van der Waals surface area contributed by atoms with E-state index in [0.717, 1.165) is 20.8 Å². The van der Waals surface area contributed by atoms with Crippen LogP contribution in [0.2, 0.25) is 0 Å². The first-order valence-electron chi connectivity index (χ1n) is 7.59. The highest BCUT2D eigenvalue weighted by atomic mass is 32.2. The van der Waals surface area contributed by atoms with Crippen molar-refractivity contribution in [3.63, 3.8) is 0 Å². The van der Waals surface area contributed by atoms with Crippen LogP contribution in [0.25, 0.3) is 10.9 Å². The molecule has 6 nitrogen and oxygen atoms in total. The molecule has 0 bridgehead atoms. The molecular formula is C16H21N3O3S. The molecule has 2 N–H and O–H groups in total. The van der Waals surface area contributed by atoms with Crippen LogP contribution in [0.4, 0.5) is 0 Å². The van der Waals surface area contributed by atoms with E-state index in [0.29, 0.717) is 12.8 Å². The molecule has 0 saturated heterocycles.